The van der Waals surface area contributed by atoms with Gasteiger partial charge in [0.05, 0.1) is 10.2 Å². The molecule has 1 aromatic rings. The van der Waals surface area contributed by atoms with Crippen LogP contribution in [0.3, 0.4) is 0 Å². The van der Waals surface area contributed by atoms with Crippen LogP contribution in [0.1, 0.15) is 30.3 Å². The van der Waals surface area contributed by atoms with Gasteiger partial charge in [0.25, 0.3) is 0 Å². The molecular weight excluding hydrogens is 274 g/mol. The average Bonchev–Trinajstić information content (AvgIpc) is 3.04. The molecule has 0 saturated heterocycles. The van der Waals surface area contributed by atoms with E-state index >= 15 is 0 Å². The van der Waals surface area contributed by atoms with Crippen molar-refractivity contribution < 1.29 is 9.90 Å². The fourth-order valence-electron chi connectivity index (χ4n) is 1.39. The van der Waals surface area contributed by atoms with Crippen molar-refractivity contribution in [2.24, 2.45) is 5.73 Å². The number of hydrogen-bond donors (Lipinski definition) is 2. The summed E-state index contributed by atoms with van der Waals surface area (Å²) in [5.41, 5.74) is 6.15. The van der Waals surface area contributed by atoms with Crippen molar-refractivity contribution in [3.8, 4) is 0 Å². The second-order valence-electron chi connectivity index (χ2n) is 3.95. The molecule has 1 unspecified atom stereocenters. The molecule has 3 N–H and O–H groups in total. The summed E-state index contributed by atoms with van der Waals surface area (Å²) in [6.45, 7) is 0. The van der Waals surface area contributed by atoms with E-state index in [0.717, 1.165) is 18.7 Å². The highest BCUT2D eigenvalue weighted by Crippen LogP contribution is 2.38. The lowest BCUT2D eigenvalue weighted by molar-refractivity contribution is -0.138. The number of carboxylic acids is 1. The standard InChI is InChI=1S/C10H12BrN3O2/c11-6-4-13-9(5-1-2-5)14-8(6)3-7(12)10(15)16/h4-5,7H,1-3,12H2,(H,15,16). The summed E-state index contributed by atoms with van der Waals surface area (Å²) in [7, 11) is 0. The zero-order valence-corrected chi connectivity index (χ0v) is 10.1. The summed E-state index contributed by atoms with van der Waals surface area (Å²) in [6.07, 6.45) is 4.13. The minimum absolute atomic E-state index is 0.220. The quantitative estimate of drug-likeness (QED) is 0.864. The van der Waals surface area contributed by atoms with Gasteiger partial charge in [0.2, 0.25) is 0 Å². The summed E-state index contributed by atoms with van der Waals surface area (Å²) in [5.74, 6) is 0.238. The van der Waals surface area contributed by atoms with E-state index in [-0.39, 0.29) is 6.42 Å². The van der Waals surface area contributed by atoms with Crippen molar-refractivity contribution in [3.63, 3.8) is 0 Å². The van der Waals surface area contributed by atoms with Crippen molar-refractivity contribution >= 4 is 21.9 Å². The molecule has 6 heteroatoms. The number of carboxylic acid groups (broad SMARTS) is 1. The van der Waals surface area contributed by atoms with E-state index in [1.54, 1.807) is 6.20 Å². The van der Waals surface area contributed by atoms with Gasteiger partial charge in [-0.2, -0.15) is 0 Å². The highest BCUT2D eigenvalue weighted by atomic mass is 79.9. The molecule has 86 valence electrons. The molecule has 0 aliphatic heterocycles. The van der Waals surface area contributed by atoms with Gasteiger partial charge in [-0.25, -0.2) is 9.97 Å². The van der Waals surface area contributed by atoms with E-state index in [2.05, 4.69) is 25.9 Å². The summed E-state index contributed by atoms with van der Waals surface area (Å²) in [5, 5.41) is 8.74. The molecule has 1 fully saturated rings. The molecule has 0 amide bonds. The molecule has 1 atom stereocenters. The van der Waals surface area contributed by atoms with Gasteiger partial charge < -0.3 is 10.8 Å². The second-order valence-corrected chi connectivity index (χ2v) is 4.80. The zero-order valence-electron chi connectivity index (χ0n) is 8.56. The van der Waals surface area contributed by atoms with Crippen molar-refractivity contribution in [1.82, 2.24) is 9.97 Å². The lowest BCUT2D eigenvalue weighted by Crippen LogP contribution is -2.32. The van der Waals surface area contributed by atoms with Gasteiger partial charge in [-0.05, 0) is 28.8 Å². The normalized spacial score (nSPS) is 17.1. The van der Waals surface area contributed by atoms with Crippen LogP contribution >= 0.6 is 15.9 Å². The van der Waals surface area contributed by atoms with Gasteiger partial charge in [0.15, 0.2) is 0 Å². The van der Waals surface area contributed by atoms with Crippen molar-refractivity contribution in [3.05, 3.63) is 22.2 Å². The first kappa shape index (κ1) is 11.5. The molecule has 0 aromatic carbocycles. The largest absolute Gasteiger partial charge is 0.480 e. The Morgan fingerprint density at radius 1 is 1.69 bits per heavy atom. The third-order valence-corrected chi connectivity index (χ3v) is 3.17. The van der Waals surface area contributed by atoms with Crippen molar-refractivity contribution in [1.29, 1.82) is 0 Å². The number of rotatable bonds is 4. The van der Waals surface area contributed by atoms with Gasteiger partial charge in [0, 0.05) is 18.5 Å². The van der Waals surface area contributed by atoms with E-state index in [1.807, 2.05) is 0 Å². The first-order valence-corrected chi connectivity index (χ1v) is 5.87. The lowest BCUT2D eigenvalue weighted by atomic mass is 10.1. The highest BCUT2D eigenvalue weighted by molar-refractivity contribution is 9.10. The van der Waals surface area contributed by atoms with Crippen molar-refractivity contribution in [2.75, 3.05) is 0 Å². The summed E-state index contributed by atoms with van der Waals surface area (Å²) < 4.78 is 0.716. The third kappa shape index (κ3) is 2.56. The number of aromatic nitrogens is 2. The minimum Gasteiger partial charge on any atom is -0.480 e. The fourth-order valence-corrected chi connectivity index (χ4v) is 1.75. The number of halogens is 1. The molecular formula is C10H12BrN3O2. The molecule has 2 rings (SSSR count). The molecule has 0 radical (unpaired) electrons. The Bertz CT molecular complexity index is 421. The molecule has 1 aliphatic rings. The van der Waals surface area contributed by atoms with Gasteiger partial charge in [-0.3, -0.25) is 4.79 Å². The summed E-state index contributed by atoms with van der Waals surface area (Å²) in [6, 6.07) is -0.918. The first-order valence-electron chi connectivity index (χ1n) is 5.07. The van der Waals surface area contributed by atoms with Crippen LogP contribution in [0.4, 0.5) is 0 Å². The van der Waals surface area contributed by atoms with E-state index in [4.69, 9.17) is 10.8 Å². The molecule has 1 aromatic heterocycles. The van der Waals surface area contributed by atoms with Gasteiger partial charge in [-0.1, -0.05) is 0 Å². The van der Waals surface area contributed by atoms with E-state index < -0.39 is 12.0 Å². The average molecular weight is 286 g/mol. The second kappa shape index (κ2) is 4.47. The highest BCUT2D eigenvalue weighted by Gasteiger charge is 2.27. The predicted octanol–water partition coefficient (Wildman–Crippen LogP) is 1.07. The molecule has 1 heterocycles. The Hall–Kier alpha value is -1.01. The summed E-state index contributed by atoms with van der Waals surface area (Å²) >= 11 is 3.30. The first-order chi connectivity index (χ1) is 7.58. The monoisotopic (exact) mass is 285 g/mol. The Kier molecular flexibility index (Phi) is 3.20. The maximum absolute atomic E-state index is 10.7. The number of hydrogen-bond acceptors (Lipinski definition) is 4. The van der Waals surface area contributed by atoms with E-state index in [9.17, 15) is 4.79 Å². The topological polar surface area (TPSA) is 89.1 Å². The number of nitrogens with zero attached hydrogens (tertiary/aromatic N) is 2. The number of carbonyl (C=O) groups is 1. The maximum atomic E-state index is 10.7. The molecule has 1 saturated carbocycles. The minimum atomic E-state index is -1.02. The SMILES string of the molecule is NC(Cc1nc(C2CC2)ncc1Br)C(=O)O. The molecule has 16 heavy (non-hydrogen) atoms. The summed E-state index contributed by atoms with van der Waals surface area (Å²) in [4.78, 5) is 19.2. The Balaban J connectivity index is 2.18. The Morgan fingerprint density at radius 3 is 2.94 bits per heavy atom. The number of aliphatic carboxylic acids is 1. The van der Waals surface area contributed by atoms with Crippen LogP contribution in [0.5, 0.6) is 0 Å². The fraction of sp³-hybridized carbons (Fsp3) is 0.500. The van der Waals surface area contributed by atoms with Crippen LogP contribution in [0, 0.1) is 0 Å². The van der Waals surface area contributed by atoms with Crippen LogP contribution in [-0.4, -0.2) is 27.1 Å². The zero-order chi connectivity index (χ0) is 11.7. The third-order valence-electron chi connectivity index (χ3n) is 2.51. The molecule has 0 bridgehead atoms. The van der Waals surface area contributed by atoms with Gasteiger partial charge >= 0.3 is 5.97 Å². The Morgan fingerprint density at radius 2 is 2.38 bits per heavy atom. The maximum Gasteiger partial charge on any atom is 0.320 e. The molecule has 0 spiro atoms. The lowest BCUT2D eigenvalue weighted by Gasteiger charge is -2.08. The predicted molar refractivity (Wildman–Crippen MR) is 61.0 cm³/mol. The molecule has 5 nitrogen and oxygen atoms in total. The smallest absolute Gasteiger partial charge is 0.320 e. The molecule has 1 aliphatic carbocycles. The number of nitrogens with two attached hydrogens (primary N) is 1. The van der Waals surface area contributed by atoms with E-state index in [1.165, 1.54) is 0 Å². The van der Waals surface area contributed by atoms with Crippen LogP contribution in [-0.2, 0) is 11.2 Å². The van der Waals surface area contributed by atoms with Crippen LogP contribution in [0.25, 0.3) is 0 Å². The Labute approximate surface area is 101 Å². The van der Waals surface area contributed by atoms with Crippen molar-refractivity contribution in [2.45, 2.75) is 31.2 Å². The van der Waals surface area contributed by atoms with Gasteiger partial charge in [0.1, 0.15) is 11.9 Å². The van der Waals surface area contributed by atoms with Crippen LogP contribution in [0.15, 0.2) is 10.7 Å². The van der Waals surface area contributed by atoms with Crippen LogP contribution in [0.2, 0.25) is 0 Å². The van der Waals surface area contributed by atoms with Gasteiger partial charge in [-0.15, -0.1) is 0 Å². The van der Waals surface area contributed by atoms with Crippen LogP contribution < -0.4 is 5.73 Å². The van der Waals surface area contributed by atoms with E-state index in [0.29, 0.717) is 16.1 Å².